The van der Waals surface area contributed by atoms with Crippen LogP contribution in [0, 0.1) is 0 Å². The van der Waals surface area contributed by atoms with Crippen LogP contribution < -0.4 is 0 Å². The maximum atomic E-state index is 11.9. The molecule has 2 aromatic heterocycles. The van der Waals surface area contributed by atoms with Gasteiger partial charge in [0.25, 0.3) is 5.22 Å². The van der Waals surface area contributed by atoms with E-state index in [0.717, 1.165) is 10.4 Å². The summed E-state index contributed by atoms with van der Waals surface area (Å²) < 4.78 is 5.55. The molecule has 106 valence electrons. The summed E-state index contributed by atoms with van der Waals surface area (Å²) in [6, 6.07) is 13.6. The molecule has 0 bridgehead atoms. The van der Waals surface area contributed by atoms with E-state index in [0.29, 0.717) is 23.3 Å². The lowest BCUT2D eigenvalue weighted by molar-refractivity contribution is 0.102. The van der Waals surface area contributed by atoms with Gasteiger partial charge in [0.2, 0.25) is 5.89 Å². The van der Waals surface area contributed by atoms with E-state index >= 15 is 0 Å². The lowest BCUT2D eigenvalue weighted by atomic mass is 10.2. The van der Waals surface area contributed by atoms with Crippen molar-refractivity contribution in [3.05, 3.63) is 64.2 Å². The number of rotatable bonds is 6. The number of nitrogens with zero attached hydrogens (tertiary/aromatic N) is 2. The monoisotopic (exact) mass is 316 g/mol. The molecule has 0 aliphatic carbocycles. The molecule has 0 unspecified atom stereocenters. The summed E-state index contributed by atoms with van der Waals surface area (Å²) in [7, 11) is 0. The van der Waals surface area contributed by atoms with Crippen LogP contribution in [-0.2, 0) is 6.42 Å². The summed E-state index contributed by atoms with van der Waals surface area (Å²) in [6.07, 6.45) is 0.604. The quantitative estimate of drug-likeness (QED) is 0.513. The van der Waals surface area contributed by atoms with Crippen molar-refractivity contribution in [2.75, 3.05) is 5.75 Å². The number of aromatic nitrogens is 2. The standard InChI is InChI=1S/C15H12N2O2S2/c18-12(13-7-4-8-20-13)10-21-15-17-16-14(19-15)9-11-5-2-1-3-6-11/h1-8H,9-10H2. The Morgan fingerprint density at radius 3 is 2.76 bits per heavy atom. The highest BCUT2D eigenvalue weighted by Gasteiger charge is 2.12. The third kappa shape index (κ3) is 3.80. The van der Waals surface area contributed by atoms with Crippen molar-refractivity contribution >= 4 is 28.9 Å². The van der Waals surface area contributed by atoms with Crippen LogP contribution in [0.5, 0.6) is 0 Å². The number of Topliss-reactive ketones (excluding diaryl/α,β-unsaturated/α-hetero) is 1. The van der Waals surface area contributed by atoms with E-state index in [1.54, 1.807) is 0 Å². The highest BCUT2D eigenvalue weighted by atomic mass is 32.2. The van der Waals surface area contributed by atoms with Gasteiger partial charge in [0.1, 0.15) is 0 Å². The number of hydrogen-bond donors (Lipinski definition) is 0. The van der Waals surface area contributed by atoms with E-state index in [1.165, 1.54) is 23.1 Å². The first-order valence-electron chi connectivity index (χ1n) is 6.37. The molecule has 0 aliphatic rings. The van der Waals surface area contributed by atoms with E-state index in [9.17, 15) is 4.79 Å². The second-order valence-corrected chi connectivity index (χ2v) is 6.19. The topological polar surface area (TPSA) is 56.0 Å². The molecule has 0 saturated heterocycles. The molecule has 0 amide bonds. The zero-order chi connectivity index (χ0) is 14.5. The highest BCUT2D eigenvalue weighted by Crippen LogP contribution is 2.20. The van der Waals surface area contributed by atoms with Crippen molar-refractivity contribution in [2.45, 2.75) is 11.6 Å². The summed E-state index contributed by atoms with van der Waals surface area (Å²) in [6.45, 7) is 0. The Labute approximate surface area is 130 Å². The molecule has 6 heteroatoms. The van der Waals surface area contributed by atoms with Gasteiger partial charge in [-0.15, -0.1) is 21.5 Å². The average Bonchev–Trinajstić information content (AvgIpc) is 3.17. The van der Waals surface area contributed by atoms with Crippen molar-refractivity contribution in [2.24, 2.45) is 0 Å². The SMILES string of the molecule is O=C(CSc1nnc(Cc2ccccc2)o1)c1cccs1. The Morgan fingerprint density at radius 1 is 1.14 bits per heavy atom. The Hall–Kier alpha value is -1.92. The normalized spacial score (nSPS) is 10.7. The Balaban J connectivity index is 1.57. The predicted molar refractivity (Wildman–Crippen MR) is 82.9 cm³/mol. The van der Waals surface area contributed by atoms with Gasteiger partial charge in [0, 0.05) is 0 Å². The Bertz CT molecular complexity index is 708. The molecule has 0 atom stereocenters. The first-order valence-corrected chi connectivity index (χ1v) is 8.23. The molecule has 4 nitrogen and oxygen atoms in total. The molecular formula is C15H12N2O2S2. The van der Waals surface area contributed by atoms with Gasteiger partial charge in [-0.3, -0.25) is 4.79 Å². The van der Waals surface area contributed by atoms with Gasteiger partial charge in [-0.2, -0.15) is 0 Å². The van der Waals surface area contributed by atoms with Crippen LogP contribution in [0.4, 0.5) is 0 Å². The lowest BCUT2D eigenvalue weighted by Gasteiger charge is -1.95. The largest absolute Gasteiger partial charge is 0.416 e. The van der Waals surface area contributed by atoms with Crippen molar-refractivity contribution in [3.8, 4) is 0 Å². The smallest absolute Gasteiger partial charge is 0.277 e. The second-order valence-electron chi connectivity index (χ2n) is 4.31. The molecule has 21 heavy (non-hydrogen) atoms. The molecule has 2 heterocycles. The van der Waals surface area contributed by atoms with Gasteiger partial charge < -0.3 is 4.42 Å². The van der Waals surface area contributed by atoms with E-state index in [1.807, 2.05) is 47.8 Å². The zero-order valence-electron chi connectivity index (χ0n) is 11.1. The highest BCUT2D eigenvalue weighted by molar-refractivity contribution is 7.99. The van der Waals surface area contributed by atoms with E-state index in [4.69, 9.17) is 4.42 Å². The van der Waals surface area contributed by atoms with E-state index in [-0.39, 0.29) is 5.78 Å². The number of thiophene rings is 1. The van der Waals surface area contributed by atoms with Crippen LogP contribution in [0.25, 0.3) is 0 Å². The van der Waals surface area contributed by atoms with Crippen LogP contribution in [0.3, 0.4) is 0 Å². The second kappa shape index (κ2) is 6.69. The van der Waals surface area contributed by atoms with Gasteiger partial charge >= 0.3 is 0 Å². The van der Waals surface area contributed by atoms with Gasteiger partial charge in [0.15, 0.2) is 5.78 Å². The fourth-order valence-electron chi connectivity index (χ4n) is 1.77. The molecule has 0 N–H and O–H groups in total. The van der Waals surface area contributed by atoms with Crippen molar-refractivity contribution in [1.82, 2.24) is 10.2 Å². The van der Waals surface area contributed by atoms with Crippen molar-refractivity contribution in [3.63, 3.8) is 0 Å². The van der Waals surface area contributed by atoms with E-state index in [2.05, 4.69) is 10.2 Å². The fraction of sp³-hybridized carbons (Fsp3) is 0.133. The fourth-order valence-corrected chi connectivity index (χ4v) is 3.19. The summed E-state index contributed by atoms with van der Waals surface area (Å²) in [4.78, 5) is 12.6. The Morgan fingerprint density at radius 2 is 2.00 bits per heavy atom. The molecular weight excluding hydrogens is 304 g/mol. The summed E-state index contributed by atoms with van der Waals surface area (Å²) in [5, 5.41) is 10.3. The number of carbonyl (C=O) groups excluding carboxylic acids is 1. The number of carbonyl (C=O) groups is 1. The first-order chi connectivity index (χ1) is 10.3. The summed E-state index contributed by atoms with van der Waals surface area (Å²) in [5.41, 5.74) is 1.12. The first kappa shape index (κ1) is 14.0. The number of hydrogen-bond acceptors (Lipinski definition) is 6. The molecule has 0 radical (unpaired) electrons. The third-order valence-corrected chi connectivity index (χ3v) is 4.50. The van der Waals surface area contributed by atoms with Gasteiger partial charge in [-0.25, -0.2) is 0 Å². The number of ketones is 1. The van der Waals surface area contributed by atoms with Crippen molar-refractivity contribution < 1.29 is 9.21 Å². The average molecular weight is 316 g/mol. The minimum Gasteiger partial charge on any atom is -0.416 e. The molecule has 1 aromatic carbocycles. The van der Waals surface area contributed by atoms with Crippen LogP contribution in [0.15, 0.2) is 57.5 Å². The minimum absolute atomic E-state index is 0.0813. The van der Waals surface area contributed by atoms with Crippen LogP contribution in [0.1, 0.15) is 21.1 Å². The summed E-state index contributed by atoms with van der Waals surface area (Å²) in [5.74, 6) is 0.957. The van der Waals surface area contributed by atoms with Gasteiger partial charge in [0.05, 0.1) is 17.1 Å². The van der Waals surface area contributed by atoms with Gasteiger partial charge in [-0.1, -0.05) is 48.2 Å². The van der Waals surface area contributed by atoms with Crippen LogP contribution in [0.2, 0.25) is 0 Å². The lowest BCUT2D eigenvalue weighted by Crippen LogP contribution is -1.98. The molecule has 3 aromatic rings. The predicted octanol–water partition coefficient (Wildman–Crippen LogP) is 3.70. The minimum atomic E-state index is 0.0813. The van der Waals surface area contributed by atoms with Crippen LogP contribution in [-0.4, -0.2) is 21.7 Å². The summed E-state index contributed by atoms with van der Waals surface area (Å²) >= 11 is 2.72. The maximum Gasteiger partial charge on any atom is 0.277 e. The molecule has 0 fully saturated rings. The molecule has 0 aliphatic heterocycles. The van der Waals surface area contributed by atoms with E-state index < -0.39 is 0 Å². The van der Waals surface area contributed by atoms with Crippen molar-refractivity contribution in [1.29, 1.82) is 0 Å². The number of thioether (sulfide) groups is 1. The molecule has 0 saturated carbocycles. The zero-order valence-corrected chi connectivity index (χ0v) is 12.7. The maximum absolute atomic E-state index is 11.9. The molecule has 3 rings (SSSR count). The Kier molecular flexibility index (Phi) is 4.47. The number of benzene rings is 1. The molecule has 0 spiro atoms. The van der Waals surface area contributed by atoms with Gasteiger partial charge in [-0.05, 0) is 17.0 Å². The van der Waals surface area contributed by atoms with Crippen LogP contribution >= 0.6 is 23.1 Å². The third-order valence-electron chi connectivity index (χ3n) is 2.77.